The number of nitrogens with zero attached hydrogens (tertiary/aromatic N) is 1. The Kier molecular flexibility index (Phi) is 6.94. The number of rotatable bonds is 5. The van der Waals surface area contributed by atoms with Crippen LogP contribution in [0.15, 0.2) is 54.6 Å². The van der Waals surface area contributed by atoms with Gasteiger partial charge in [-0.3, -0.25) is 4.79 Å². The molecule has 0 amide bonds. The van der Waals surface area contributed by atoms with Gasteiger partial charge in [0.1, 0.15) is 11.9 Å². The fourth-order valence-electron chi connectivity index (χ4n) is 4.34. The minimum Gasteiger partial charge on any atom is -0.458 e. The summed E-state index contributed by atoms with van der Waals surface area (Å²) in [6.07, 6.45) is 2.91. The number of esters is 1. The van der Waals surface area contributed by atoms with E-state index in [9.17, 15) is 14.3 Å². The SMILES string of the molecule is Cc1ccc(C)c(-c2cc(C(C)C)c(/C=C/[C@@H]3C[C@@H](O)CC(=O)O3)c(-c3ccc(F)cc3)n2)c1. The second-order valence-corrected chi connectivity index (χ2v) is 9.32. The van der Waals surface area contributed by atoms with Crippen molar-refractivity contribution in [1.29, 1.82) is 0 Å². The van der Waals surface area contributed by atoms with Gasteiger partial charge in [-0.1, -0.05) is 37.6 Å². The average Bonchev–Trinajstić information content (AvgIpc) is 2.78. The van der Waals surface area contributed by atoms with Crippen LogP contribution < -0.4 is 0 Å². The smallest absolute Gasteiger partial charge is 0.309 e. The Morgan fingerprint density at radius 2 is 1.85 bits per heavy atom. The number of aryl methyl sites for hydroxylation is 2. The molecule has 5 heteroatoms. The van der Waals surface area contributed by atoms with Crippen molar-refractivity contribution in [3.63, 3.8) is 0 Å². The quantitative estimate of drug-likeness (QED) is 0.450. The molecule has 4 nitrogen and oxygen atoms in total. The van der Waals surface area contributed by atoms with Crippen molar-refractivity contribution in [2.45, 2.75) is 58.7 Å². The number of carbonyl (C=O) groups is 1. The van der Waals surface area contributed by atoms with Crippen LogP contribution in [0.5, 0.6) is 0 Å². The standard InChI is InChI=1S/C29H30FNO3/c1-17(2)25-16-27(26-13-18(3)5-6-19(26)4)31-29(20-7-9-21(30)10-8-20)24(25)12-11-23-14-22(32)15-28(33)34-23/h5-13,16-17,22-23,32H,14-15H2,1-4H3/b12-11+/t22-,23-/m1/s1. The Balaban J connectivity index is 1.89. The number of pyridine rings is 1. The molecule has 1 aromatic heterocycles. The highest BCUT2D eigenvalue weighted by Crippen LogP contribution is 2.35. The zero-order valence-corrected chi connectivity index (χ0v) is 20.0. The van der Waals surface area contributed by atoms with Crippen LogP contribution in [0.1, 0.15) is 54.9 Å². The van der Waals surface area contributed by atoms with Crippen molar-refractivity contribution in [2.75, 3.05) is 0 Å². The molecular weight excluding hydrogens is 429 g/mol. The second-order valence-electron chi connectivity index (χ2n) is 9.32. The van der Waals surface area contributed by atoms with E-state index in [0.29, 0.717) is 6.42 Å². The molecule has 0 spiro atoms. The number of aliphatic hydroxyl groups is 1. The molecule has 0 bridgehead atoms. The third-order valence-corrected chi connectivity index (χ3v) is 6.17. The Morgan fingerprint density at radius 1 is 1.12 bits per heavy atom. The van der Waals surface area contributed by atoms with E-state index in [2.05, 4.69) is 52.0 Å². The van der Waals surface area contributed by atoms with E-state index >= 15 is 0 Å². The van der Waals surface area contributed by atoms with Crippen LogP contribution >= 0.6 is 0 Å². The fraction of sp³-hybridized carbons (Fsp3) is 0.310. The molecule has 0 unspecified atom stereocenters. The van der Waals surface area contributed by atoms with E-state index in [-0.39, 0.29) is 18.2 Å². The van der Waals surface area contributed by atoms with Gasteiger partial charge in [-0.25, -0.2) is 9.37 Å². The lowest BCUT2D eigenvalue weighted by atomic mass is 9.90. The van der Waals surface area contributed by atoms with Gasteiger partial charge in [0.15, 0.2) is 0 Å². The Bertz CT molecular complexity index is 1230. The average molecular weight is 460 g/mol. The first-order chi connectivity index (χ1) is 16.2. The lowest BCUT2D eigenvalue weighted by Crippen LogP contribution is -2.31. The highest BCUT2D eigenvalue weighted by molar-refractivity contribution is 5.79. The largest absolute Gasteiger partial charge is 0.458 e. The van der Waals surface area contributed by atoms with Gasteiger partial charge < -0.3 is 9.84 Å². The summed E-state index contributed by atoms with van der Waals surface area (Å²) >= 11 is 0. The molecule has 2 atom stereocenters. The zero-order valence-electron chi connectivity index (χ0n) is 20.0. The summed E-state index contributed by atoms with van der Waals surface area (Å²) in [6, 6.07) is 14.8. The molecule has 2 heterocycles. The number of benzene rings is 2. The van der Waals surface area contributed by atoms with Gasteiger partial charge in [0.05, 0.1) is 23.9 Å². The number of hydrogen-bond donors (Lipinski definition) is 1. The maximum Gasteiger partial charge on any atom is 0.309 e. The molecule has 34 heavy (non-hydrogen) atoms. The van der Waals surface area contributed by atoms with Gasteiger partial charge in [-0.15, -0.1) is 0 Å². The lowest BCUT2D eigenvalue weighted by molar-refractivity contribution is -0.156. The molecule has 0 radical (unpaired) electrons. The number of aromatic nitrogens is 1. The minimum absolute atomic E-state index is 0.0223. The number of carbonyl (C=O) groups excluding carboxylic acids is 1. The monoisotopic (exact) mass is 459 g/mol. The van der Waals surface area contributed by atoms with E-state index in [4.69, 9.17) is 9.72 Å². The van der Waals surface area contributed by atoms with Gasteiger partial charge in [-0.2, -0.15) is 0 Å². The summed E-state index contributed by atoms with van der Waals surface area (Å²) in [7, 11) is 0. The van der Waals surface area contributed by atoms with Crippen LogP contribution in [0.25, 0.3) is 28.6 Å². The van der Waals surface area contributed by atoms with Gasteiger partial charge in [0.2, 0.25) is 0 Å². The van der Waals surface area contributed by atoms with E-state index in [1.54, 1.807) is 12.1 Å². The molecule has 4 rings (SSSR count). The van der Waals surface area contributed by atoms with Crippen molar-refractivity contribution in [2.24, 2.45) is 0 Å². The summed E-state index contributed by atoms with van der Waals surface area (Å²) in [5, 5.41) is 9.98. The van der Waals surface area contributed by atoms with Crippen LogP contribution in [0, 0.1) is 19.7 Å². The minimum atomic E-state index is -0.707. The third-order valence-electron chi connectivity index (χ3n) is 6.17. The Hall–Kier alpha value is -3.31. The van der Waals surface area contributed by atoms with Crippen molar-refractivity contribution in [1.82, 2.24) is 4.98 Å². The number of hydrogen-bond acceptors (Lipinski definition) is 4. The maximum absolute atomic E-state index is 13.7. The number of ether oxygens (including phenoxy) is 1. The van der Waals surface area contributed by atoms with E-state index in [1.807, 2.05) is 12.2 Å². The summed E-state index contributed by atoms with van der Waals surface area (Å²) in [5.74, 6) is -0.524. The van der Waals surface area contributed by atoms with E-state index in [1.165, 1.54) is 12.1 Å². The van der Waals surface area contributed by atoms with Gasteiger partial charge in [0, 0.05) is 23.1 Å². The van der Waals surface area contributed by atoms with Crippen molar-refractivity contribution < 1.29 is 19.0 Å². The van der Waals surface area contributed by atoms with Crippen molar-refractivity contribution in [3.8, 4) is 22.5 Å². The normalized spacial score (nSPS) is 18.5. The van der Waals surface area contributed by atoms with Crippen molar-refractivity contribution in [3.05, 3.63) is 82.7 Å². The molecule has 1 aliphatic heterocycles. The molecule has 2 aromatic carbocycles. The molecule has 1 aliphatic rings. The van der Waals surface area contributed by atoms with Crippen LogP contribution in [0.2, 0.25) is 0 Å². The maximum atomic E-state index is 13.7. The highest BCUT2D eigenvalue weighted by Gasteiger charge is 2.26. The van der Waals surface area contributed by atoms with Crippen LogP contribution in [0.3, 0.4) is 0 Å². The number of halogens is 1. The topological polar surface area (TPSA) is 59.4 Å². The molecule has 0 aliphatic carbocycles. The first kappa shape index (κ1) is 23.8. The lowest BCUT2D eigenvalue weighted by Gasteiger charge is -2.24. The predicted octanol–water partition coefficient (Wildman–Crippen LogP) is 6.37. The highest BCUT2D eigenvalue weighted by atomic mass is 19.1. The molecule has 1 saturated heterocycles. The first-order valence-electron chi connectivity index (χ1n) is 11.7. The zero-order chi connectivity index (χ0) is 24.4. The Morgan fingerprint density at radius 3 is 2.53 bits per heavy atom. The molecule has 176 valence electrons. The van der Waals surface area contributed by atoms with Crippen LogP contribution in [-0.4, -0.2) is 28.3 Å². The summed E-state index contributed by atoms with van der Waals surface area (Å²) in [6.45, 7) is 8.38. The third kappa shape index (κ3) is 5.26. The van der Waals surface area contributed by atoms with Gasteiger partial charge >= 0.3 is 5.97 Å². The molecular formula is C29H30FNO3. The molecule has 1 fully saturated rings. The van der Waals surface area contributed by atoms with Crippen LogP contribution in [0.4, 0.5) is 4.39 Å². The van der Waals surface area contributed by atoms with E-state index < -0.39 is 18.2 Å². The molecule has 3 aromatic rings. The summed E-state index contributed by atoms with van der Waals surface area (Å²) < 4.78 is 19.1. The Labute approximate surface area is 200 Å². The fourth-order valence-corrected chi connectivity index (χ4v) is 4.34. The van der Waals surface area contributed by atoms with Gasteiger partial charge in [0.25, 0.3) is 0 Å². The van der Waals surface area contributed by atoms with Crippen LogP contribution in [-0.2, 0) is 9.53 Å². The van der Waals surface area contributed by atoms with Crippen molar-refractivity contribution >= 4 is 12.0 Å². The first-order valence-corrected chi connectivity index (χ1v) is 11.7. The molecule has 0 saturated carbocycles. The molecule has 1 N–H and O–H groups in total. The predicted molar refractivity (Wildman–Crippen MR) is 133 cm³/mol. The number of cyclic esters (lactones) is 1. The van der Waals surface area contributed by atoms with Gasteiger partial charge in [-0.05, 0) is 73.4 Å². The van der Waals surface area contributed by atoms with E-state index in [0.717, 1.165) is 44.8 Å². The summed E-state index contributed by atoms with van der Waals surface area (Å²) in [4.78, 5) is 16.8. The number of aliphatic hydroxyl groups excluding tert-OH is 1. The summed E-state index contributed by atoms with van der Waals surface area (Å²) in [5.41, 5.74) is 7.72. The second kappa shape index (κ2) is 9.90.